The molecule has 3 saturated heterocycles. The smallest absolute Gasteiger partial charge is 0.252 e. The van der Waals surface area contributed by atoms with Gasteiger partial charge in [0.05, 0.1) is 27.2 Å². The van der Waals surface area contributed by atoms with Crippen molar-refractivity contribution in [1.29, 1.82) is 0 Å². The zero-order valence-electron chi connectivity index (χ0n) is 15.8. The van der Waals surface area contributed by atoms with Crippen LogP contribution in [0.2, 0.25) is 5.02 Å². The van der Waals surface area contributed by atoms with E-state index < -0.39 is 16.6 Å². The van der Waals surface area contributed by atoms with E-state index in [0.29, 0.717) is 30.0 Å². The van der Waals surface area contributed by atoms with Crippen molar-refractivity contribution in [2.24, 2.45) is 5.41 Å². The first-order valence-electron chi connectivity index (χ1n) is 9.54. The predicted molar refractivity (Wildman–Crippen MR) is 103 cm³/mol. The summed E-state index contributed by atoms with van der Waals surface area (Å²) in [5.74, 6) is -0.143. The van der Waals surface area contributed by atoms with E-state index in [2.05, 4.69) is 16.0 Å². The van der Waals surface area contributed by atoms with Crippen LogP contribution in [0, 0.1) is 12.3 Å². The minimum atomic E-state index is -0.477. The molecule has 5 rings (SSSR count). The quantitative estimate of drug-likeness (QED) is 0.731. The van der Waals surface area contributed by atoms with Gasteiger partial charge in [-0.25, -0.2) is 0 Å². The molecule has 3 heterocycles. The molecule has 7 heteroatoms. The standard InChI is InChI=1S/C20H26ClN3O3/c1-13-4-3-5-14(15(13)21)16(25)24-12-18-10-19(11-18,17(26)22-2)20(27-18)6-8-23-9-7-20/h3-5,23H,6-12H2,1-2H3,(H,22,26)(H,24,25). The SMILES string of the molecule is CNC(=O)C12CC(CNC(=O)c3cccc(C)c3Cl)(C1)OC21CCNCC1. The first-order valence-corrected chi connectivity index (χ1v) is 9.91. The third kappa shape index (κ3) is 2.69. The van der Waals surface area contributed by atoms with Crippen LogP contribution in [-0.2, 0) is 9.53 Å². The molecule has 4 aliphatic rings. The van der Waals surface area contributed by atoms with Crippen molar-refractivity contribution in [1.82, 2.24) is 16.0 Å². The number of carbonyl (C=O) groups is 2. The number of halogens is 1. The molecule has 1 aliphatic carbocycles. The largest absolute Gasteiger partial charge is 0.365 e. The second-order valence-electron chi connectivity index (χ2n) is 8.16. The molecule has 0 radical (unpaired) electrons. The Bertz CT molecular complexity index is 783. The van der Waals surface area contributed by atoms with Crippen LogP contribution < -0.4 is 16.0 Å². The van der Waals surface area contributed by atoms with Crippen LogP contribution in [0.4, 0.5) is 0 Å². The van der Waals surface area contributed by atoms with E-state index in [1.54, 1.807) is 13.1 Å². The summed E-state index contributed by atoms with van der Waals surface area (Å²) in [6.45, 7) is 3.96. The van der Waals surface area contributed by atoms with Crippen molar-refractivity contribution in [2.75, 3.05) is 26.7 Å². The maximum atomic E-state index is 12.7. The molecule has 3 N–H and O–H groups in total. The molecule has 1 spiro atoms. The molecule has 1 aromatic carbocycles. The number of nitrogens with one attached hydrogen (secondary N) is 3. The van der Waals surface area contributed by atoms with Gasteiger partial charge in [0.15, 0.2) is 0 Å². The number of amides is 2. The van der Waals surface area contributed by atoms with Crippen LogP contribution >= 0.6 is 11.6 Å². The van der Waals surface area contributed by atoms with E-state index in [4.69, 9.17) is 16.3 Å². The Morgan fingerprint density at radius 1 is 1.26 bits per heavy atom. The third-order valence-corrected chi connectivity index (χ3v) is 7.11. The zero-order valence-corrected chi connectivity index (χ0v) is 16.5. The molecule has 0 atom stereocenters. The molecular weight excluding hydrogens is 366 g/mol. The molecule has 2 bridgehead atoms. The van der Waals surface area contributed by atoms with Gasteiger partial charge in [-0.3, -0.25) is 9.59 Å². The molecule has 27 heavy (non-hydrogen) atoms. The highest BCUT2D eigenvalue weighted by Gasteiger charge is 2.77. The summed E-state index contributed by atoms with van der Waals surface area (Å²) in [5, 5.41) is 9.65. The van der Waals surface area contributed by atoms with E-state index in [1.807, 2.05) is 19.1 Å². The lowest BCUT2D eigenvalue weighted by atomic mass is 9.53. The van der Waals surface area contributed by atoms with Gasteiger partial charge in [-0.2, -0.15) is 0 Å². The van der Waals surface area contributed by atoms with Gasteiger partial charge in [0.25, 0.3) is 5.91 Å². The minimum Gasteiger partial charge on any atom is -0.365 e. The molecule has 4 fully saturated rings. The monoisotopic (exact) mass is 391 g/mol. The summed E-state index contributed by atoms with van der Waals surface area (Å²) < 4.78 is 6.57. The summed E-state index contributed by atoms with van der Waals surface area (Å²) in [6.07, 6.45) is 2.95. The zero-order chi connectivity index (χ0) is 19.3. The average molecular weight is 392 g/mol. The van der Waals surface area contributed by atoms with Crippen LogP contribution in [0.3, 0.4) is 0 Å². The van der Waals surface area contributed by atoms with Crippen LogP contribution in [0.5, 0.6) is 0 Å². The number of benzene rings is 1. The molecule has 1 aromatic rings. The summed E-state index contributed by atoms with van der Waals surface area (Å²) in [7, 11) is 1.69. The summed E-state index contributed by atoms with van der Waals surface area (Å²) >= 11 is 6.28. The molecule has 0 aromatic heterocycles. The summed E-state index contributed by atoms with van der Waals surface area (Å²) in [4.78, 5) is 25.3. The number of ether oxygens (including phenoxy) is 1. The summed E-state index contributed by atoms with van der Waals surface area (Å²) in [6, 6.07) is 5.43. The number of piperidine rings is 1. The fraction of sp³-hybridized carbons (Fsp3) is 0.600. The van der Waals surface area contributed by atoms with Gasteiger partial charge in [0, 0.05) is 13.6 Å². The normalized spacial score (nSPS) is 30.6. The molecule has 1 saturated carbocycles. The first-order chi connectivity index (χ1) is 12.9. The molecule has 3 aliphatic heterocycles. The molecular formula is C20H26ClN3O3. The fourth-order valence-corrected chi connectivity index (χ4v) is 5.50. The van der Waals surface area contributed by atoms with Crippen molar-refractivity contribution in [3.05, 3.63) is 34.3 Å². The van der Waals surface area contributed by atoms with Gasteiger partial charge in [0.1, 0.15) is 0 Å². The van der Waals surface area contributed by atoms with Gasteiger partial charge in [-0.1, -0.05) is 23.7 Å². The number of carbonyl (C=O) groups excluding carboxylic acids is 2. The third-order valence-electron chi connectivity index (χ3n) is 6.61. The van der Waals surface area contributed by atoms with E-state index >= 15 is 0 Å². The van der Waals surface area contributed by atoms with Gasteiger partial charge < -0.3 is 20.7 Å². The second-order valence-corrected chi connectivity index (χ2v) is 8.54. The molecule has 0 unspecified atom stereocenters. The maximum absolute atomic E-state index is 12.7. The van der Waals surface area contributed by atoms with E-state index in [-0.39, 0.29) is 11.8 Å². The molecule has 6 nitrogen and oxygen atoms in total. The van der Waals surface area contributed by atoms with E-state index in [1.165, 1.54) is 0 Å². The lowest BCUT2D eigenvalue weighted by Crippen LogP contribution is -2.61. The lowest BCUT2D eigenvalue weighted by Gasteiger charge is -2.47. The van der Waals surface area contributed by atoms with Crippen molar-refractivity contribution in [3.8, 4) is 0 Å². The van der Waals surface area contributed by atoms with Crippen molar-refractivity contribution in [3.63, 3.8) is 0 Å². The first kappa shape index (κ1) is 18.7. The van der Waals surface area contributed by atoms with Crippen LogP contribution in [0.1, 0.15) is 41.6 Å². The Kier molecular flexibility index (Phi) is 4.48. The average Bonchev–Trinajstić information content (AvgIpc) is 3.06. The molecule has 2 amide bonds. The second kappa shape index (κ2) is 6.47. The van der Waals surface area contributed by atoms with Gasteiger partial charge >= 0.3 is 0 Å². The maximum Gasteiger partial charge on any atom is 0.252 e. The Balaban J connectivity index is 1.50. The number of hydrogen-bond donors (Lipinski definition) is 3. The highest BCUT2D eigenvalue weighted by Crippen LogP contribution is 2.68. The Hall–Kier alpha value is -1.63. The number of rotatable bonds is 4. The number of hydrogen-bond acceptors (Lipinski definition) is 4. The Labute approximate surface area is 164 Å². The van der Waals surface area contributed by atoms with Gasteiger partial charge in [0.2, 0.25) is 5.91 Å². The van der Waals surface area contributed by atoms with Crippen LogP contribution in [0.15, 0.2) is 18.2 Å². The van der Waals surface area contributed by atoms with Crippen molar-refractivity contribution in [2.45, 2.75) is 43.8 Å². The lowest BCUT2D eigenvalue weighted by molar-refractivity contribution is -0.140. The number of aryl methyl sites for hydroxylation is 1. The minimum absolute atomic E-state index is 0.0607. The molecule has 146 valence electrons. The van der Waals surface area contributed by atoms with E-state index in [9.17, 15) is 9.59 Å². The topological polar surface area (TPSA) is 79.5 Å². The van der Waals surface area contributed by atoms with Crippen LogP contribution in [-0.4, -0.2) is 49.7 Å². The predicted octanol–water partition coefficient (Wildman–Crippen LogP) is 1.80. The highest BCUT2D eigenvalue weighted by atomic mass is 35.5. The summed E-state index contributed by atoms with van der Waals surface area (Å²) in [5.41, 5.74) is -0.0230. The van der Waals surface area contributed by atoms with Gasteiger partial charge in [-0.05, 0) is 57.3 Å². The van der Waals surface area contributed by atoms with Crippen molar-refractivity contribution >= 4 is 23.4 Å². The Morgan fingerprint density at radius 2 is 1.96 bits per heavy atom. The van der Waals surface area contributed by atoms with Gasteiger partial charge in [-0.15, -0.1) is 0 Å². The van der Waals surface area contributed by atoms with Crippen LogP contribution in [0.25, 0.3) is 0 Å². The van der Waals surface area contributed by atoms with Crippen molar-refractivity contribution < 1.29 is 14.3 Å². The highest BCUT2D eigenvalue weighted by molar-refractivity contribution is 6.34. The Morgan fingerprint density at radius 3 is 2.63 bits per heavy atom. The van der Waals surface area contributed by atoms with E-state index in [0.717, 1.165) is 31.5 Å². The fourth-order valence-electron chi connectivity index (χ4n) is 5.29.